The van der Waals surface area contributed by atoms with Gasteiger partial charge in [0, 0.05) is 27.3 Å². The van der Waals surface area contributed by atoms with Crippen LogP contribution in [-0.2, 0) is 11.3 Å². The minimum atomic E-state index is -0.375. The zero-order valence-electron chi connectivity index (χ0n) is 17.4. The van der Waals surface area contributed by atoms with E-state index in [9.17, 15) is 4.79 Å². The summed E-state index contributed by atoms with van der Waals surface area (Å²) in [5.74, 6) is 1.22. The van der Waals surface area contributed by atoms with Crippen LogP contribution in [0.2, 0.25) is 15.1 Å². The van der Waals surface area contributed by atoms with Crippen LogP contribution in [-0.4, -0.2) is 26.4 Å². The van der Waals surface area contributed by atoms with E-state index in [1.807, 2.05) is 30.5 Å². The number of hydrogen-bond acceptors (Lipinski definition) is 5. The SMILES string of the molecule is C=CCn1c(SCC(=O)Nc2cc(Cl)cc(Cl)c2)nnc1C(C)Oc1ccc(Cl)c(C)c1. The standard InChI is InChI=1S/C22H21Cl3N4O2S/c1-4-7-29-21(14(3)31-18-5-6-19(25)13(2)8-18)27-28-22(29)32-12-20(30)26-17-10-15(23)9-16(24)11-17/h4-6,8-11,14H,1,7,12H2,2-3H3,(H,26,30). The van der Waals surface area contributed by atoms with E-state index in [4.69, 9.17) is 39.5 Å². The van der Waals surface area contributed by atoms with Crippen molar-refractivity contribution >= 4 is 58.2 Å². The number of hydrogen-bond donors (Lipinski definition) is 1. The van der Waals surface area contributed by atoms with Crippen molar-refractivity contribution in [1.82, 2.24) is 14.8 Å². The van der Waals surface area contributed by atoms with E-state index in [1.165, 1.54) is 11.8 Å². The lowest BCUT2D eigenvalue weighted by molar-refractivity contribution is -0.113. The van der Waals surface area contributed by atoms with Gasteiger partial charge in [-0.25, -0.2) is 0 Å². The molecule has 10 heteroatoms. The number of nitrogens with one attached hydrogen (secondary N) is 1. The fraction of sp³-hybridized carbons (Fsp3) is 0.227. The van der Waals surface area contributed by atoms with Crippen molar-refractivity contribution in [2.75, 3.05) is 11.1 Å². The number of nitrogens with zero attached hydrogens (tertiary/aromatic N) is 3. The summed E-state index contributed by atoms with van der Waals surface area (Å²) in [6.07, 6.45) is 1.37. The Hall–Kier alpha value is -2.19. The summed E-state index contributed by atoms with van der Waals surface area (Å²) in [6.45, 7) is 8.08. The second-order valence-corrected chi connectivity index (χ2v) is 9.13. The first-order chi connectivity index (χ1) is 15.3. The van der Waals surface area contributed by atoms with Crippen molar-refractivity contribution in [1.29, 1.82) is 0 Å². The first-order valence-corrected chi connectivity index (χ1v) is 11.7. The maximum atomic E-state index is 12.4. The Balaban J connectivity index is 1.68. The Kier molecular flexibility index (Phi) is 8.48. The number of aromatic nitrogens is 3. The second-order valence-electron chi connectivity index (χ2n) is 6.91. The van der Waals surface area contributed by atoms with E-state index in [1.54, 1.807) is 30.3 Å². The van der Waals surface area contributed by atoms with Crippen LogP contribution >= 0.6 is 46.6 Å². The smallest absolute Gasteiger partial charge is 0.234 e. The molecule has 3 aromatic rings. The first-order valence-electron chi connectivity index (χ1n) is 9.62. The number of aryl methyl sites for hydroxylation is 1. The minimum absolute atomic E-state index is 0.130. The van der Waals surface area contributed by atoms with Gasteiger partial charge >= 0.3 is 0 Å². The number of thioether (sulfide) groups is 1. The van der Waals surface area contributed by atoms with E-state index in [2.05, 4.69) is 22.1 Å². The molecule has 32 heavy (non-hydrogen) atoms. The molecule has 0 radical (unpaired) electrons. The van der Waals surface area contributed by atoms with Gasteiger partial charge in [0.15, 0.2) is 17.1 Å². The Morgan fingerprint density at radius 1 is 1.22 bits per heavy atom. The third-order valence-corrected chi connectivity index (χ3v) is 6.17. The van der Waals surface area contributed by atoms with Gasteiger partial charge in [0.25, 0.3) is 0 Å². The van der Waals surface area contributed by atoms with Gasteiger partial charge in [-0.3, -0.25) is 9.36 Å². The van der Waals surface area contributed by atoms with Crippen LogP contribution in [0.1, 0.15) is 24.4 Å². The molecule has 1 heterocycles. The van der Waals surface area contributed by atoms with Crippen molar-refractivity contribution in [3.8, 4) is 5.75 Å². The molecular weight excluding hydrogens is 491 g/mol. The molecule has 1 N–H and O–H groups in total. The van der Waals surface area contributed by atoms with E-state index < -0.39 is 0 Å². The third-order valence-electron chi connectivity index (χ3n) is 4.34. The van der Waals surface area contributed by atoms with Crippen LogP contribution in [0.25, 0.3) is 0 Å². The lowest BCUT2D eigenvalue weighted by Gasteiger charge is -2.16. The van der Waals surface area contributed by atoms with Crippen LogP contribution < -0.4 is 10.1 Å². The van der Waals surface area contributed by atoms with Crippen LogP contribution in [0.3, 0.4) is 0 Å². The Labute approximate surface area is 205 Å². The lowest BCUT2D eigenvalue weighted by atomic mass is 10.2. The van der Waals surface area contributed by atoms with E-state index >= 15 is 0 Å². The number of benzene rings is 2. The summed E-state index contributed by atoms with van der Waals surface area (Å²) < 4.78 is 7.90. The lowest BCUT2D eigenvalue weighted by Crippen LogP contribution is -2.15. The number of allylic oxidation sites excluding steroid dienone is 1. The molecule has 0 aliphatic carbocycles. The van der Waals surface area contributed by atoms with Gasteiger partial charge in [0.1, 0.15) is 5.75 Å². The maximum absolute atomic E-state index is 12.4. The molecule has 0 saturated heterocycles. The van der Waals surface area contributed by atoms with E-state index in [-0.39, 0.29) is 17.8 Å². The van der Waals surface area contributed by atoms with Crippen LogP contribution in [0.5, 0.6) is 5.75 Å². The molecule has 1 amide bonds. The van der Waals surface area contributed by atoms with E-state index in [0.29, 0.717) is 44.0 Å². The summed E-state index contributed by atoms with van der Waals surface area (Å²) in [6, 6.07) is 10.3. The minimum Gasteiger partial charge on any atom is -0.483 e. The van der Waals surface area contributed by atoms with Crippen molar-refractivity contribution < 1.29 is 9.53 Å². The quantitative estimate of drug-likeness (QED) is 0.259. The number of ether oxygens (including phenoxy) is 1. The number of halogens is 3. The zero-order valence-corrected chi connectivity index (χ0v) is 20.5. The van der Waals surface area contributed by atoms with Crippen LogP contribution in [0.4, 0.5) is 5.69 Å². The average Bonchev–Trinajstić information content (AvgIpc) is 3.11. The van der Waals surface area contributed by atoms with Crippen molar-refractivity contribution in [3.05, 3.63) is 75.5 Å². The number of anilines is 1. The van der Waals surface area contributed by atoms with Crippen molar-refractivity contribution in [3.63, 3.8) is 0 Å². The van der Waals surface area contributed by atoms with Crippen molar-refractivity contribution in [2.45, 2.75) is 31.7 Å². The Morgan fingerprint density at radius 3 is 2.59 bits per heavy atom. The molecule has 0 fully saturated rings. The highest BCUT2D eigenvalue weighted by atomic mass is 35.5. The molecule has 0 spiro atoms. The summed E-state index contributed by atoms with van der Waals surface area (Å²) in [4.78, 5) is 12.4. The number of carbonyl (C=O) groups excluding carboxylic acids is 1. The van der Waals surface area contributed by atoms with Gasteiger partial charge in [-0.1, -0.05) is 52.6 Å². The molecule has 0 aliphatic heterocycles. The molecule has 1 unspecified atom stereocenters. The molecule has 1 aromatic heterocycles. The number of rotatable bonds is 9. The molecule has 0 aliphatic rings. The fourth-order valence-electron chi connectivity index (χ4n) is 2.91. The van der Waals surface area contributed by atoms with Gasteiger partial charge in [-0.15, -0.1) is 16.8 Å². The van der Waals surface area contributed by atoms with Gasteiger partial charge in [-0.2, -0.15) is 0 Å². The Bertz CT molecular complexity index is 1120. The normalized spacial score (nSPS) is 11.8. The average molecular weight is 512 g/mol. The van der Waals surface area contributed by atoms with Crippen LogP contribution in [0.15, 0.2) is 54.2 Å². The predicted octanol–water partition coefficient (Wildman–Crippen LogP) is 6.60. The van der Waals surface area contributed by atoms with Gasteiger partial charge in [-0.05, 0) is 55.8 Å². The van der Waals surface area contributed by atoms with Gasteiger partial charge in [0.05, 0.1) is 5.75 Å². The van der Waals surface area contributed by atoms with E-state index in [0.717, 1.165) is 5.56 Å². The summed E-state index contributed by atoms with van der Waals surface area (Å²) in [7, 11) is 0. The van der Waals surface area contributed by atoms with Crippen molar-refractivity contribution in [2.24, 2.45) is 0 Å². The summed E-state index contributed by atoms with van der Waals surface area (Å²) >= 11 is 19.3. The van der Waals surface area contributed by atoms with Gasteiger partial charge < -0.3 is 10.1 Å². The summed E-state index contributed by atoms with van der Waals surface area (Å²) in [5, 5.41) is 13.5. The maximum Gasteiger partial charge on any atom is 0.234 e. The molecule has 3 rings (SSSR count). The largest absolute Gasteiger partial charge is 0.483 e. The van der Waals surface area contributed by atoms with Crippen LogP contribution in [0, 0.1) is 6.92 Å². The predicted molar refractivity (Wildman–Crippen MR) is 131 cm³/mol. The molecular formula is C22H21Cl3N4O2S. The Morgan fingerprint density at radius 2 is 1.94 bits per heavy atom. The molecule has 2 aromatic carbocycles. The first kappa shape index (κ1) is 24.5. The number of amides is 1. The molecule has 168 valence electrons. The summed E-state index contributed by atoms with van der Waals surface area (Å²) in [5.41, 5.74) is 1.45. The second kappa shape index (κ2) is 11.1. The molecule has 0 bridgehead atoms. The highest BCUT2D eigenvalue weighted by Gasteiger charge is 2.20. The fourth-order valence-corrected chi connectivity index (χ4v) is 4.31. The monoisotopic (exact) mass is 510 g/mol. The topological polar surface area (TPSA) is 69.0 Å². The highest BCUT2D eigenvalue weighted by molar-refractivity contribution is 7.99. The molecule has 1 atom stereocenters. The highest BCUT2D eigenvalue weighted by Crippen LogP contribution is 2.28. The molecule has 6 nitrogen and oxygen atoms in total. The third kappa shape index (κ3) is 6.42. The van der Waals surface area contributed by atoms with Gasteiger partial charge in [0.2, 0.25) is 5.91 Å². The molecule has 0 saturated carbocycles. The number of carbonyl (C=O) groups is 1. The zero-order chi connectivity index (χ0) is 23.3.